The van der Waals surface area contributed by atoms with Gasteiger partial charge in [-0.2, -0.15) is 0 Å². The summed E-state index contributed by atoms with van der Waals surface area (Å²) in [6.07, 6.45) is 0. The van der Waals surface area contributed by atoms with Gasteiger partial charge >= 0.3 is 8.80 Å². The van der Waals surface area contributed by atoms with Crippen LogP contribution in [-0.2, 0) is 12.7 Å². The highest BCUT2D eigenvalue weighted by Crippen LogP contribution is 2.17. The first-order chi connectivity index (χ1) is 6.45. The molecule has 0 aliphatic rings. The molecule has 0 saturated heterocycles. The molecule has 0 aromatic carbocycles. The van der Waals surface area contributed by atoms with Crippen molar-refractivity contribution in [3.63, 3.8) is 0 Å². The second-order valence-corrected chi connectivity index (χ2v) is 12.2. The molecule has 0 saturated carbocycles. The van der Waals surface area contributed by atoms with E-state index < -0.39 is 26.9 Å². The molecule has 3 nitrogen and oxygen atoms in total. The van der Waals surface area contributed by atoms with E-state index in [4.69, 9.17) is 12.7 Å². The van der Waals surface area contributed by atoms with E-state index in [1.807, 2.05) is 6.92 Å². The Morgan fingerprint density at radius 3 is 1.57 bits per heavy atom. The lowest BCUT2D eigenvalue weighted by Crippen LogP contribution is -2.50. The Morgan fingerprint density at radius 1 is 0.929 bits per heavy atom. The predicted octanol–water partition coefficient (Wildman–Crippen LogP) is 1.98. The third-order valence-corrected chi connectivity index (χ3v) is 9.87. The van der Waals surface area contributed by atoms with E-state index in [1.54, 1.807) is 0 Å². The Morgan fingerprint density at radius 2 is 1.36 bits per heavy atom. The average molecular weight is 253 g/mol. The largest absolute Gasteiger partial charge is 0.479 e. The summed E-state index contributed by atoms with van der Waals surface area (Å²) in [4.78, 5) is 0. The van der Waals surface area contributed by atoms with Crippen LogP contribution in [0.4, 0.5) is 0 Å². The zero-order chi connectivity index (χ0) is 11.2. The average Bonchev–Trinajstić information content (AvgIpc) is 2.02. The molecule has 0 N–H and O–H groups in total. The van der Waals surface area contributed by atoms with E-state index >= 15 is 0 Å². The molecule has 0 unspecified atom stereocenters. The molecule has 0 rings (SSSR count). The normalized spacial score (nSPS) is 12.9. The molecule has 0 fully saturated rings. The zero-order valence-corrected chi connectivity index (χ0v) is 13.6. The van der Waals surface area contributed by atoms with Crippen LogP contribution in [0.5, 0.6) is 0 Å². The minimum Gasteiger partial charge on any atom is -0.419 e. The highest BCUT2D eigenvalue weighted by molar-refractivity contribution is 6.75. The standard InChI is InChI=1S/C8H24O3Si3/c1-7-9-14(8-2,10-12(3)4)11-13(5)6/h12-13H,7-8H2,1-6H3. The molecule has 0 aromatic rings. The number of hydrogen-bond donors (Lipinski definition) is 0. The fraction of sp³-hybridized carbons (Fsp3) is 1.00. The van der Waals surface area contributed by atoms with Crippen LogP contribution in [0.3, 0.4) is 0 Å². The Bertz CT molecular complexity index is 143. The molecule has 14 heavy (non-hydrogen) atoms. The highest BCUT2D eigenvalue weighted by Gasteiger charge is 2.39. The van der Waals surface area contributed by atoms with Gasteiger partial charge in [0, 0.05) is 12.7 Å². The molecule has 0 spiro atoms. The monoisotopic (exact) mass is 252 g/mol. The van der Waals surface area contributed by atoms with Crippen molar-refractivity contribution in [3.05, 3.63) is 0 Å². The van der Waals surface area contributed by atoms with Gasteiger partial charge in [-0.1, -0.05) is 6.92 Å². The van der Waals surface area contributed by atoms with Crippen LogP contribution in [-0.4, -0.2) is 33.5 Å². The summed E-state index contributed by atoms with van der Waals surface area (Å²) < 4.78 is 17.8. The summed E-state index contributed by atoms with van der Waals surface area (Å²) in [6.45, 7) is 13.5. The first kappa shape index (κ1) is 14.5. The maximum absolute atomic E-state index is 6.01. The van der Waals surface area contributed by atoms with Crippen molar-refractivity contribution >= 4 is 26.9 Å². The Kier molecular flexibility index (Phi) is 7.18. The third-order valence-electron chi connectivity index (χ3n) is 1.63. The van der Waals surface area contributed by atoms with Crippen LogP contribution in [0, 0.1) is 0 Å². The summed E-state index contributed by atoms with van der Waals surface area (Å²) in [7, 11) is -4.41. The lowest BCUT2D eigenvalue weighted by atomic mass is 10.9. The van der Waals surface area contributed by atoms with Gasteiger partial charge in [0.05, 0.1) is 0 Å². The first-order valence-electron chi connectivity index (χ1n) is 5.45. The Hall–Kier alpha value is 0.531. The van der Waals surface area contributed by atoms with Gasteiger partial charge in [-0.25, -0.2) is 0 Å². The maximum Gasteiger partial charge on any atom is 0.479 e. The first-order valence-corrected chi connectivity index (χ1v) is 12.9. The summed E-state index contributed by atoms with van der Waals surface area (Å²) in [5.74, 6) is 0. The van der Waals surface area contributed by atoms with E-state index in [0.717, 1.165) is 6.04 Å². The van der Waals surface area contributed by atoms with Crippen molar-refractivity contribution in [3.8, 4) is 0 Å². The van der Waals surface area contributed by atoms with E-state index in [9.17, 15) is 0 Å². The highest BCUT2D eigenvalue weighted by atomic mass is 28.5. The van der Waals surface area contributed by atoms with Crippen LogP contribution >= 0.6 is 0 Å². The molecule has 86 valence electrons. The molecule has 0 aliphatic carbocycles. The zero-order valence-electron chi connectivity index (χ0n) is 10.3. The van der Waals surface area contributed by atoms with Crippen molar-refractivity contribution in [2.45, 2.75) is 46.1 Å². The van der Waals surface area contributed by atoms with Gasteiger partial charge < -0.3 is 12.7 Å². The second kappa shape index (κ2) is 6.91. The smallest absolute Gasteiger partial charge is 0.419 e. The van der Waals surface area contributed by atoms with Crippen LogP contribution in [0.15, 0.2) is 0 Å². The summed E-state index contributed by atoms with van der Waals surface area (Å²) in [6, 6.07) is 0.900. The van der Waals surface area contributed by atoms with Crippen molar-refractivity contribution in [2.75, 3.05) is 6.61 Å². The minimum atomic E-state index is -2.27. The van der Waals surface area contributed by atoms with E-state index in [2.05, 4.69) is 33.1 Å². The van der Waals surface area contributed by atoms with Crippen LogP contribution in [0.1, 0.15) is 13.8 Å². The molecule has 0 aromatic heterocycles. The molecule has 0 radical (unpaired) electrons. The quantitative estimate of drug-likeness (QED) is 0.649. The van der Waals surface area contributed by atoms with E-state index in [-0.39, 0.29) is 0 Å². The molecule has 0 atom stereocenters. The molecule has 0 amide bonds. The van der Waals surface area contributed by atoms with Gasteiger partial charge in [-0.15, -0.1) is 0 Å². The van der Waals surface area contributed by atoms with E-state index in [1.165, 1.54) is 0 Å². The van der Waals surface area contributed by atoms with Crippen molar-refractivity contribution < 1.29 is 12.7 Å². The molecular formula is C8H24O3Si3. The van der Waals surface area contributed by atoms with Crippen LogP contribution < -0.4 is 0 Å². The van der Waals surface area contributed by atoms with Gasteiger partial charge in [-0.3, -0.25) is 0 Å². The van der Waals surface area contributed by atoms with Gasteiger partial charge in [0.25, 0.3) is 0 Å². The summed E-state index contributed by atoms with van der Waals surface area (Å²) in [5, 5.41) is 0. The number of rotatable bonds is 7. The van der Waals surface area contributed by atoms with Crippen LogP contribution in [0.25, 0.3) is 0 Å². The maximum atomic E-state index is 6.01. The fourth-order valence-corrected chi connectivity index (χ4v) is 10.3. The van der Waals surface area contributed by atoms with Crippen molar-refractivity contribution in [1.29, 1.82) is 0 Å². The van der Waals surface area contributed by atoms with Crippen molar-refractivity contribution in [1.82, 2.24) is 0 Å². The molecule has 6 heteroatoms. The van der Waals surface area contributed by atoms with Gasteiger partial charge in [0.15, 0.2) is 18.1 Å². The van der Waals surface area contributed by atoms with Gasteiger partial charge in [-0.05, 0) is 33.1 Å². The molecule has 0 aliphatic heterocycles. The molecule has 0 heterocycles. The minimum absolute atomic E-state index is 0.697. The summed E-state index contributed by atoms with van der Waals surface area (Å²) in [5.41, 5.74) is 0. The lowest BCUT2D eigenvalue weighted by Gasteiger charge is -2.32. The Balaban J connectivity index is 4.42. The lowest BCUT2D eigenvalue weighted by molar-refractivity contribution is 0.177. The third kappa shape index (κ3) is 5.42. The van der Waals surface area contributed by atoms with Gasteiger partial charge in [0.1, 0.15) is 0 Å². The van der Waals surface area contributed by atoms with Crippen molar-refractivity contribution in [2.24, 2.45) is 0 Å². The summed E-state index contributed by atoms with van der Waals surface area (Å²) >= 11 is 0. The van der Waals surface area contributed by atoms with Gasteiger partial charge in [0.2, 0.25) is 0 Å². The van der Waals surface area contributed by atoms with Crippen LogP contribution in [0.2, 0.25) is 32.2 Å². The van der Waals surface area contributed by atoms with E-state index in [0.29, 0.717) is 6.61 Å². The topological polar surface area (TPSA) is 27.7 Å². The Labute approximate surface area is 92.6 Å². The molecule has 0 bridgehead atoms. The fourth-order valence-electron chi connectivity index (χ4n) is 1.30. The SMILES string of the molecule is CCO[Si](CC)(O[SiH](C)C)O[SiH](C)C. The number of hydrogen-bond acceptors (Lipinski definition) is 3. The predicted molar refractivity (Wildman–Crippen MR) is 67.8 cm³/mol. The second-order valence-electron chi connectivity index (χ2n) is 3.80. The molecular weight excluding hydrogens is 228 g/mol.